The summed E-state index contributed by atoms with van der Waals surface area (Å²) >= 11 is 0. The number of nitrogens with zero attached hydrogens (tertiary/aromatic N) is 5. The largest absolute Gasteiger partial charge is 0.340 e. The lowest BCUT2D eigenvalue weighted by Crippen LogP contribution is -2.37. The van der Waals surface area contributed by atoms with Gasteiger partial charge in [-0.05, 0) is 56.4 Å². The predicted molar refractivity (Wildman–Crippen MR) is 137 cm³/mol. The average Bonchev–Trinajstić information content (AvgIpc) is 3.36. The highest BCUT2D eigenvalue weighted by Crippen LogP contribution is 2.33. The van der Waals surface area contributed by atoms with Gasteiger partial charge in [-0.25, -0.2) is 0 Å². The normalized spacial score (nSPS) is 17.3. The topological polar surface area (TPSA) is 46.3 Å². The van der Waals surface area contributed by atoms with Gasteiger partial charge in [-0.1, -0.05) is 13.0 Å². The maximum Gasteiger partial charge on any atom is 0.253 e. The van der Waals surface area contributed by atoms with E-state index >= 15 is 0 Å². The number of carbonyl (C=O) groups is 1. The molecule has 2 aliphatic rings. The Morgan fingerprint density at radius 1 is 1.24 bits per heavy atom. The van der Waals surface area contributed by atoms with Crippen LogP contribution in [0.3, 0.4) is 0 Å². The predicted octanol–water partition coefficient (Wildman–Crippen LogP) is 4.78. The summed E-state index contributed by atoms with van der Waals surface area (Å²) in [5.74, 6) is 0.889. The molecule has 0 bridgehead atoms. The van der Waals surface area contributed by atoms with Crippen molar-refractivity contribution in [3.8, 4) is 0 Å². The maximum atomic E-state index is 13.3. The third-order valence-corrected chi connectivity index (χ3v) is 7.73. The van der Waals surface area contributed by atoms with Crippen molar-refractivity contribution in [1.82, 2.24) is 24.1 Å². The Morgan fingerprint density at radius 2 is 2.03 bits per heavy atom. The SMILES string of the molecule is C=CCn1c2c(c3cc(C(=O)N4CCC(C)CC4)ccc31)CN(Cc1cn(CC)nc1C)CC2. The smallest absolute Gasteiger partial charge is 0.253 e. The Labute approximate surface area is 202 Å². The van der Waals surface area contributed by atoms with Gasteiger partial charge in [0.25, 0.3) is 5.91 Å². The second kappa shape index (κ2) is 9.41. The minimum absolute atomic E-state index is 0.175. The van der Waals surface area contributed by atoms with E-state index < -0.39 is 0 Å². The summed E-state index contributed by atoms with van der Waals surface area (Å²) in [7, 11) is 0. The number of fused-ring (bicyclic) bond motifs is 3. The molecule has 0 atom stereocenters. The van der Waals surface area contributed by atoms with E-state index in [0.29, 0.717) is 5.92 Å². The van der Waals surface area contributed by atoms with Crippen molar-refractivity contribution >= 4 is 16.8 Å². The summed E-state index contributed by atoms with van der Waals surface area (Å²) < 4.78 is 4.42. The third kappa shape index (κ3) is 4.20. The second-order valence-electron chi connectivity index (χ2n) is 10.1. The van der Waals surface area contributed by atoms with Gasteiger partial charge in [-0.15, -0.1) is 6.58 Å². The lowest BCUT2D eigenvalue weighted by Gasteiger charge is -2.30. The second-order valence-corrected chi connectivity index (χ2v) is 10.1. The summed E-state index contributed by atoms with van der Waals surface area (Å²) in [5, 5.41) is 5.85. The molecule has 34 heavy (non-hydrogen) atoms. The molecule has 1 aromatic carbocycles. The lowest BCUT2D eigenvalue weighted by atomic mass is 9.98. The molecule has 0 saturated carbocycles. The van der Waals surface area contributed by atoms with Crippen LogP contribution in [0.5, 0.6) is 0 Å². The van der Waals surface area contributed by atoms with Gasteiger partial charge in [0.05, 0.1) is 5.69 Å². The van der Waals surface area contributed by atoms with Crippen LogP contribution in [0.2, 0.25) is 0 Å². The third-order valence-electron chi connectivity index (χ3n) is 7.73. The minimum Gasteiger partial charge on any atom is -0.340 e. The molecule has 0 unspecified atom stereocenters. The Morgan fingerprint density at radius 3 is 2.74 bits per heavy atom. The highest BCUT2D eigenvalue weighted by atomic mass is 16.2. The van der Waals surface area contributed by atoms with Crippen LogP contribution >= 0.6 is 0 Å². The van der Waals surface area contributed by atoms with Crippen LogP contribution < -0.4 is 0 Å². The zero-order chi connectivity index (χ0) is 23.8. The van der Waals surface area contributed by atoms with E-state index in [1.165, 1.54) is 27.7 Å². The van der Waals surface area contributed by atoms with E-state index in [4.69, 9.17) is 0 Å². The molecule has 5 rings (SSSR count). The molecule has 0 aliphatic carbocycles. The van der Waals surface area contributed by atoms with E-state index in [2.05, 4.69) is 60.2 Å². The molecule has 2 aliphatic heterocycles. The van der Waals surface area contributed by atoms with Crippen molar-refractivity contribution in [2.45, 2.75) is 66.2 Å². The average molecular weight is 460 g/mol. The van der Waals surface area contributed by atoms with E-state index in [1.807, 2.05) is 21.7 Å². The molecule has 1 amide bonds. The van der Waals surface area contributed by atoms with Crippen LogP contribution in [0, 0.1) is 12.8 Å². The summed E-state index contributed by atoms with van der Waals surface area (Å²) in [5.41, 5.74) is 7.21. The van der Waals surface area contributed by atoms with Crippen molar-refractivity contribution in [3.63, 3.8) is 0 Å². The highest BCUT2D eigenvalue weighted by Gasteiger charge is 2.26. The summed E-state index contributed by atoms with van der Waals surface area (Å²) in [6.07, 6.45) is 7.36. The number of rotatable bonds is 6. The van der Waals surface area contributed by atoms with Crippen LogP contribution in [0.1, 0.15) is 59.6 Å². The van der Waals surface area contributed by atoms with Gasteiger partial charge in [-0.2, -0.15) is 5.10 Å². The van der Waals surface area contributed by atoms with E-state index in [9.17, 15) is 4.79 Å². The van der Waals surface area contributed by atoms with Crippen LogP contribution in [0.25, 0.3) is 10.9 Å². The fourth-order valence-electron chi connectivity index (χ4n) is 5.62. The van der Waals surface area contributed by atoms with Gasteiger partial charge in [-0.3, -0.25) is 14.4 Å². The van der Waals surface area contributed by atoms with Gasteiger partial charge in [0.1, 0.15) is 0 Å². The van der Waals surface area contributed by atoms with Gasteiger partial charge in [0, 0.05) is 86.2 Å². The number of hydrogen-bond acceptors (Lipinski definition) is 3. The number of aryl methyl sites for hydroxylation is 2. The molecule has 4 heterocycles. The molecule has 0 N–H and O–H groups in total. The van der Waals surface area contributed by atoms with Crippen molar-refractivity contribution < 1.29 is 4.79 Å². The molecule has 1 saturated heterocycles. The van der Waals surface area contributed by atoms with Crippen molar-refractivity contribution in [2.24, 2.45) is 5.92 Å². The minimum atomic E-state index is 0.175. The number of hydrogen-bond donors (Lipinski definition) is 0. The summed E-state index contributed by atoms with van der Waals surface area (Å²) in [6.45, 7) is 16.8. The molecule has 0 spiro atoms. The first kappa shape index (κ1) is 22.9. The Bertz CT molecular complexity index is 1210. The number of carbonyl (C=O) groups excluding carboxylic acids is 1. The van der Waals surface area contributed by atoms with Gasteiger partial charge >= 0.3 is 0 Å². The zero-order valence-corrected chi connectivity index (χ0v) is 20.9. The number of benzene rings is 1. The standard InChI is InChI=1S/C28H37N5O/c1-5-12-33-26-8-7-22(28(34)31-14-9-20(3)10-15-31)16-24(26)25-19-30(13-11-27(25)33)17-23-18-32(6-2)29-21(23)4/h5,7-8,16,18,20H,1,6,9-15,17,19H2,2-4H3. The number of piperidine rings is 1. The Balaban J connectivity index is 1.46. The van der Waals surface area contributed by atoms with E-state index in [0.717, 1.165) is 76.3 Å². The van der Waals surface area contributed by atoms with Gasteiger partial charge in [0.15, 0.2) is 0 Å². The van der Waals surface area contributed by atoms with Crippen LogP contribution in [0.15, 0.2) is 37.1 Å². The van der Waals surface area contributed by atoms with Crippen LogP contribution in [0.4, 0.5) is 0 Å². The first-order valence-corrected chi connectivity index (χ1v) is 12.8. The molecule has 1 fully saturated rings. The van der Waals surface area contributed by atoms with Gasteiger partial charge < -0.3 is 9.47 Å². The van der Waals surface area contributed by atoms with Gasteiger partial charge in [0.2, 0.25) is 0 Å². The summed E-state index contributed by atoms with van der Waals surface area (Å²) in [6, 6.07) is 6.32. The molecule has 2 aromatic heterocycles. The van der Waals surface area contributed by atoms with Crippen molar-refractivity contribution in [3.05, 3.63) is 65.1 Å². The molecular formula is C28H37N5O. The van der Waals surface area contributed by atoms with Crippen LogP contribution in [-0.2, 0) is 32.6 Å². The quantitative estimate of drug-likeness (QED) is 0.498. The fourth-order valence-corrected chi connectivity index (χ4v) is 5.62. The summed E-state index contributed by atoms with van der Waals surface area (Å²) in [4.78, 5) is 17.9. The molecular weight excluding hydrogens is 422 g/mol. The van der Waals surface area contributed by atoms with E-state index in [1.54, 1.807) is 0 Å². The number of aromatic nitrogens is 3. The lowest BCUT2D eigenvalue weighted by molar-refractivity contribution is 0.0697. The van der Waals surface area contributed by atoms with E-state index in [-0.39, 0.29) is 5.91 Å². The molecule has 6 nitrogen and oxygen atoms in total. The monoisotopic (exact) mass is 459 g/mol. The number of allylic oxidation sites excluding steroid dienone is 1. The molecule has 3 aromatic rings. The molecule has 6 heteroatoms. The zero-order valence-electron chi connectivity index (χ0n) is 20.9. The number of amides is 1. The maximum absolute atomic E-state index is 13.3. The molecule has 180 valence electrons. The molecule has 0 radical (unpaired) electrons. The number of likely N-dealkylation sites (tertiary alicyclic amines) is 1. The fraction of sp³-hybridized carbons (Fsp3) is 0.500. The highest BCUT2D eigenvalue weighted by molar-refractivity contribution is 5.99. The van der Waals surface area contributed by atoms with Crippen molar-refractivity contribution in [2.75, 3.05) is 19.6 Å². The first-order chi connectivity index (χ1) is 16.5. The Hall–Kier alpha value is -2.86. The first-order valence-electron chi connectivity index (χ1n) is 12.8. The van der Waals surface area contributed by atoms with Crippen molar-refractivity contribution in [1.29, 1.82) is 0 Å². The Kier molecular flexibility index (Phi) is 6.34. The van der Waals surface area contributed by atoms with Crippen LogP contribution in [-0.4, -0.2) is 49.7 Å².